The van der Waals surface area contributed by atoms with E-state index in [9.17, 15) is 4.39 Å². The van der Waals surface area contributed by atoms with Crippen molar-refractivity contribution in [3.63, 3.8) is 0 Å². The normalized spacial score (nSPS) is 11.6. The molecule has 0 saturated carbocycles. The summed E-state index contributed by atoms with van der Waals surface area (Å²) in [4.78, 5) is 14.1. The largest absolute Gasteiger partial charge is 0.357 e. The molecule has 0 radical (unpaired) electrons. The van der Waals surface area contributed by atoms with E-state index in [2.05, 4.69) is 25.6 Å². The summed E-state index contributed by atoms with van der Waals surface area (Å²) in [6.45, 7) is 7.82. The molecule has 0 aliphatic carbocycles. The molecule has 0 unspecified atom stereocenters. The number of hydrogen-bond acceptors (Lipinski definition) is 4. The highest BCUT2D eigenvalue weighted by Crippen LogP contribution is 2.17. The maximum atomic E-state index is 14.4. The van der Waals surface area contributed by atoms with E-state index < -0.39 is 0 Å². The summed E-state index contributed by atoms with van der Waals surface area (Å²) in [7, 11) is 0. The molecule has 0 amide bonds. The summed E-state index contributed by atoms with van der Waals surface area (Å²) in [6.07, 6.45) is 4.91. The number of nitrogens with zero attached hydrogens (tertiary/aromatic N) is 4. The zero-order valence-corrected chi connectivity index (χ0v) is 16.5. The van der Waals surface area contributed by atoms with Gasteiger partial charge in [0.25, 0.3) is 0 Å². The van der Waals surface area contributed by atoms with Gasteiger partial charge in [0.05, 0.1) is 35.8 Å². The Bertz CT molecular complexity index is 916. The van der Waals surface area contributed by atoms with Gasteiger partial charge in [0.1, 0.15) is 5.82 Å². The van der Waals surface area contributed by atoms with Crippen molar-refractivity contribution in [2.75, 3.05) is 6.54 Å². The second kappa shape index (κ2) is 8.77. The number of guanidine groups is 1. The number of halogens is 1. The Hall–Kier alpha value is -2.74. The number of aromatic nitrogens is 3. The molecular formula is C19H23FN6S. The maximum absolute atomic E-state index is 14.4. The lowest BCUT2D eigenvalue weighted by Gasteiger charge is -2.11. The third kappa shape index (κ3) is 4.91. The highest BCUT2D eigenvalue weighted by molar-refractivity contribution is 7.11. The number of rotatable bonds is 6. The van der Waals surface area contributed by atoms with Gasteiger partial charge < -0.3 is 15.2 Å². The fourth-order valence-corrected chi connectivity index (χ4v) is 3.55. The summed E-state index contributed by atoms with van der Waals surface area (Å²) >= 11 is 1.68. The molecule has 27 heavy (non-hydrogen) atoms. The smallest absolute Gasteiger partial charge is 0.191 e. The standard InChI is InChI=1S/C19H23FN6S/c1-4-22-19(24-11-18-13(2)25-14(3)27-18)23-10-15-5-6-17(16(20)9-15)26-8-7-21-12-26/h5-9,12H,4,10-11H2,1-3H3,(H2,22,23,24). The zero-order chi connectivity index (χ0) is 19.2. The number of thiazole rings is 1. The minimum atomic E-state index is -0.297. The minimum absolute atomic E-state index is 0.297. The molecular weight excluding hydrogens is 363 g/mol. The molecule has 2 heterocycles. The van der Waals surface area contributed by atoms with Gasteiger partial charge >= 0.3 is 0 Å². The van der Waals surface area contributed by atoms with Crippen molar-refractivity contribution in [3.05, 3.63) is 63.9 Å². The van der Waals surface area contributed by atoms with E-state index in [1.165, 1.54) is 10.9 Å². The van der Waals surface area contributed by atoms with Gasteiger partial charge in [0.2, 0.25) is 0 Å². The fraction of sp³-hybridized carbons (Fsp3) is 0.316. The lowest BCUT2D eigenvalue weighted by atomic mass is 10.2. The van der Waals surface area contributed by atoms with E-state index in [1.54, 1.807) is 40.7 Å². The summed E-state index contributed by atoms with van der Waals surface area (Å²) in [5, 5.41) is 7.58. The Kier molecular flexibility index (Phi) is 6.18. The van der Waals surface area contributed by atoms with E-state index in [1.807, 2.05) is 26.8 Å². The van der Waals surface area contributed by atoms with Crippen LogP contribution in [-0.2, 0) is 13.1 Å². The van der Waals surface area contributed by atoms with Gasteiger partial charge in [0, 0.05) is 23.8 Å². The Morgan fingerprint density at radius 1 is 1.30 bits per heavy atom. The number of aryl methyl sites for hydroxylation is 2. The molecule has 6 nitrogen and oxygen atoms in total. The van der Waals surface area contributed by atoms with Gasteiger partial charge in [0.15, 0.2) is 5.96 Å². The lowest BCUT2D eigenvalue weighted by molar-refractivity contribution is 0.615. The predicted octanol–water partition coefficient (Wildman–Crippen LogP) is 3.34. The Morgan fingerprint density at radius 3 is 2.78 bits per heavy atom. The van der Waals surface area contributed by atoms with Crippen LogP contribution in [-0.4, -0.2) is 27.0 Å². The van der Waals surface area contributed by atoms with Crippen LogP contribution in [0.1, 0.15) is 28.1 Å². The average Bonchev–Trinajstić information content (AvgIpc) is 3.27. The molecule has 3 aromatic rings. The van der Waals surface area contributed by atoms with Crippen molar-refractivity contribution in [1.82, 2.24) is 25.2 Å². The van der Waals surface area contributed by atoms with Crippen molar-refractivity contribution in [2.24, 2.45) is 4.99 Å². The fourth-order valence-electron chi connectivity index (χ4n) is 2.67. The van der Waals surface area contributed by atoms with Crippen molar-refractivity contribution in [1.29, 1.82) is 0 Å². The van der Waals surface area contributed by atoms with Gasteiger partial charge in [-0.05, 0) is 38.5 Å². The van der Waals surface area contributed by atoms with Crippen LogP contribution < -0.4 is 10.6 Å². The first-order valence-corrected chi connectivity index (χ1v) is 9.60. The third-order valence-corrected chi connectivity index (χ3v) is 5.05. The van der Waals surface area contributed by atoms with Gasteiger partial charge in [-0.3, -0.25) is 0 Å². The first kappa shape index (κ1) is 19.0. The molecule has 2 aromatic heterocycles. The maximum Gasteiger partial charge on any atom is 0.191 e. The van der Waals surface area contributed by atoms with Gasteiger partial charge in [-0.2, -0.15) is 0 Å². The van der Waals surface area contributed by atoms with Crippen LogP contribution in [0.4, 0.5) is 4.39 Å². The molecule has 2 N–H and O–H groups in total. The first-order valence-electron chi connectivity index (χ1n) is 8.78. The van der Waals surface area contributed by atoms with Crippen molar-refractivity contribution >= 4 is 17.3 Å². The quantitative estimate of drug-likeness (QED) is 0.504. The van der Waals surface area contributed by atoms with Gasteiger partial charge in [-0.1, -0.05) is 6.07 Å². The molecule has 8 heteroatoms. The van der Waals surface area contributed by atoms with Crippen molar-refractivity contribution in [3.8, 4) is 5.69 Å². The molecule has 0 saturated heterocycles. The van der Waals surface area contributed by atoms with Crippen LogP contribution >= 0.6 is 11.3 Å². The van der Waals surface area contributed by atoms with Crippen molar-refractivity contribution in [2.45, 2.75) is 33.9 Å². The first-order chi connectivity index (χ1) is 13.1. The number of benzene rings is 1. The highest BCUT2D eigenvalue weighted by atomic mass is 32.1. The molecule has 0 fully saturated rings. The minimum Gasteiger partial charge on any atom is -0.357 e. The molecule has 0 aliphatic heterocycles. The van der Waals surface area contributed by atoms with E-state index in [4.69, 9.17) is 0 Å². The van der Waals surface area contributed by atoms with Gasteiger partial charge in [-0.25, -0.2) is 19.4 Å². The summed E-state index contributed by atoms with van der Waals surface area (Å²) < 4.78 is 16.0. The summed E-state index contributed by atoms with van der Waals surface area (Å²) in [5.74, 6) is 0.400. The average molecular weight is 387 g/mol. The van der Waals surface area contributed by atoms with Crippen LogP contribution in [0.5, 0.6) is 0 Å². The molecule has 0 spiro atoms. The molecule has 3 rings (SSSR count). The highest BCUT2D eigenvalue weighted by Gasteiger charge is 2.07. The number of nitrogens with one attached hydrogen (secondary N) is 2. The summed E-state index contributed by atoms with van der Waals surface area (Å²) in [6, 6.07) is 5.13. The summed E-state index contributed by atoms with van der Waals surface area (Å²) in [5.41, 5.74) is 2.32. The molecule has 142 valence electrons. The second-order valence-electron chi connectivity index (χ2n) is 6.05. The lowest BCUT2D eigenvalue weighted by Crippen LogP contribution is -2.36. The van der Waals surface area contributed by atoms with E-state index in [0.717, 1.165) is 22.8 Å². The second-order valence-corrected chi connectivity index (χ2v) is 7.33. The monoisotopic (exact) mass is 386 g/mol. The Labute approximate surface area is 162 Å². The van der Waals surface area contributed by atoms with E-state index in [-0.39, 0.29) is 5.82 Å². The predicted molar refractivity (Wildman–Crippen MR) is 107 cm³/mol. The zero-order valence-electron chi connectivity index (χ0n) is 15.7. The van der Waals surface area contributed by atoms with Crippen LogP contribution in [0.2, 0.25) is 0 Å². The molecule has 0 atom stereocenters. The Morgan fingerprint density at radius 2 is 2.15 bits per heavy atom. The van der Waals surface area contributed by atoms with Crippen LogP contribution in [0.3, 0.4) is 0 Å². The number of imidazole rings is 1. The SMILES string of the molecule is CCNC(=NCc1ccc(-n2ccnc2)c(F)c1)NCc1sc(C)nc1C. The number of aliphatic imine (C=N–C) groups is 1. The van der Waals surface area contributed by atoms with Crippen LogP contribution in [0.25, 0.3) is 5.69 Å². The van der Waals surface area contributed by atoms with Crippen LogP contribution in [0.15, 0.2) is 41.9 Å². The van der Waals surface area contributed by atoms with Crippen LogP contribution in [0, 0.1) is 19.7 Å². The van der Waals surface area contributed by atoms with Crippen molar-refractivity contribution < 1.29 is 4.39 Å². The Balaban J connectivity index is 1.67. The van der Waals surface area contributed by atoms with E-state index in [0.29, 0.717) is 24.7 Å². The molecule has 0 aliphatic rings. The molecule has 1 aromatic carbocycles. The molecule has 0 bridgehead atoms. The topological polar surface area (TPSA) is 67.1 Å². The number of hydrogen-bond donors (Lipinski definition) is 2. The van der Waals surface area contributed by atoms with E-state index >= 15 is 0 Å². The van der Waals surface area contributed by atoms with Gasteiger partial charge in [-0.15, -0.1) is 11.3 Å². The third-order valence-electron chi connectivity index (χ3n) is 3.97.